The molecule has 2 N–H and O–H groups in total. The van der Waals surface area contributed by atoms with Crippen molar-refractivity contribution in [3.8, 4) is 5.75 Å². The van der Waals surface area contributed by atoms with E-state index < -0.39 is 28.3 Å². The first-order valence-corrected chi connectivity index (χ1v) is 10.7. The summed E-state index contributed by atoms with van der Waals surface area (Å²) in [6.07, 6.45) is -1.65. The lowest BCUT2D eigenvalue weighted by Gasteiger charge is -2.11. The lowest BCUT2D eigenvalue weighted by atomic mass is 10.1. The van der Waals surface area contributed by atoms with Gasteiger partial charge >= 0.3 is 6.18 Å². The van der Waals surface area contributed by atoms with Gasteiger partial charge in [-0.3, -0.25) is 14.9 Å². The van der Waals surface area contributed by atoms with E-state index in [1.165, 1.54) is 24.4 Å². The second-order valence-corrected chi connectivity index (χ2v) is 8.09. The summed E-state index contributed by atoms with van der Waals surface area (Å²) in [6, 6.07) is 13.1. The number of benzene rings is 3. The van der Waals surface area contributed by atoms with E-state index in [2.05, 4.69) is 10.5 Å². The molecule has 1 heterocycles. The summed E-state index contributed by atoms with van der Waals surface area (Å²) >= 11 is 5.81. The number of phenols is 1. The number of phenolic OH excluding ortho intramolecular Hbond substituents is 1. The second kappa shape index (κ2) is 9.70. The molecule has 4 aromatic rings. The number of amides is 1. The van der Waals surface area contributed by atoms with Crippen molar-refractivity contribution in [2.24, 2.45) is 5.10 Å². The Kier molecular flexibility index (Phi) is 6.67. The van der Waals surface area contributed by atoms with E-state index in [4.69, 9.17) is 11.6 Å². The van der Waals surface area contributed by atoms with Crippen LogP contribution in [-0.4, -0.2) is 26.7 Å². The predicted molar refractivity (Wildman–Crippen MR) is 127 cm³/mol. The van der Waals surface area contributed by atoms with E-state index in [9.17, 15) is 33.2 Å². The number of rotatable bonds is 6. The monoisotopic (exact) mass is 516 g/mol. The first-order chi connectivity index (χ1) is 17.0. The average molecular weight is 517 g/mol. The molecule has 184 valence electrons. The first-order valence-electron chi connectivity index (χ1n) is 10.3. The molecule has 0 atom stereocenters. The van der Waals surface area contributed by atoms with Crippen molar-refractivity contribution < 1.29 is 28.0 Å². The van der Waals surface area contributed by atoms with Crippen LogP contribution in [0.2, 0.25) is 5.02 Å². The molecule has 0 aliphatic carbocycles. The van der Waals surface area contributed by atoms with Crippen LogP contribution in [0, 0.1) is 10.1 Å². The highest BCUT2D eigenvalue weighted by Gasteiger charge is 2.32. The predicted octanol–water partition coefficient (Wildman–Crippen LogP) is 5.74. The maximum Gasteiger partial charge on any atom is 0.416 e. The van der Waals surface area contributed by atoms with Gasteiger partial charge in [-0.05, 0) is 42.5 Å². The third-order valence-corrected chi connectivity index (χ3v) is 5.67. The Morgan fingerprint density at radius 3 is 2.64 bits per heavy atom. The molecule has 12 heteroatoms. The normalized spacial score (nSPS) is 11.8. The molecule has 0 saturated carbocycles. The quantitative estimate of drug-likeness (QED) is 0.193. The minimum absolute atomic E-state index is 0.0127. The van der Waals surface area contributed by atoms with Gasteiger partial charge in [-0.15, -0.1) is 0 Å². The fourth-order valence-corrected chi connectivity index (χ4v) is 3.80. The maximum atomic E-state index is 13.2. The van der Waals surface area contributed by atoms with E-state index >= 15 is 0 Å². The molecule has 0 fully saturated rings. The summed E-state index contributed by atoms with van der Waals surface area (Å²) in [6.45, 7) is -0.164. The van der Waals surface area contributed by atoms with Crippen LogP contribution < -0.4 is 5.43 Å². The fraction of sp³-hybridized carbons (Fsp3) is 0.0833. The van der Waals surface area contributed by atoms with E-state index in [1.54, 1.807) is 35.0 Å². The van der Waals surface area contributed by atoms with Crippen LogP contribution in [0.4, 0.5) is 18.9 Å². The maximum absolute atomic E-state index is 13.2. The number of hydrogen-bond donors (Lipinski definition) is 2. The minimum Gasteiger partial charge on any atom is -0.506 e. The minimum atomic E-state index is -4.64. The Bertz CT molecular complexity index is 1520. The lowest BCUT2D eigenvalue weighted by Crippen LogP contribution is -2.17. The standard InChI is InChI=1S/C24H16ClF3N4O4/c25-19-11-14(4-7-22(19)33)23(34)30-29-12-15-2-1-3-21-18(15)8-9-31(21)13-16-10-17(24(26,27)28)5-6-20(16)32(35)36/h1-12,33H,13H2,(H,30,34)/b29-12+. The van der Waals surface area contributed by atoms with Crippen LogP contribution in [0.15, 0.2) is 72.0 Å². The highest BCUT2D eigenvalue weighted by atomic mass is 35.5. The largest absolute Gasteiger partial charge is 0.506 e. The first kappa shape index (κ1) is 24.7. The molecule has 36 heavy (non-hydrogen) atoms. The highest BCUT2D eigenvalue weighted by Crippen LogP contribution is 2.33. The topological polar surface area (TPSA) is 110 Å². The van der Waals surface area contributed by atoms with Crippen molar-refractivity contribution >= 4 is 40.3 Å². The Morgan fingerprint density at radius 1 is 1.17 bits per heavy atom. The van der Waals surface area contributed by atoms with E-state index in [-0.39, 0.29) is 28.4 Å². The number of aromatic nitrogens is 1. The number of carbonyl (C=O) groups is 1. The number of fused-ring (bicyclic) bond motifs is 1. The molecule has 0 bridgehead atoms. The van der Waals surface area contributed by atoms with Gasteiger partial charge in [-0.25, -0.2) is 5.43 Å². The number of nitrogens with one attached hydrogen (secondary N) is 1. The van der Waals surface area contributed by atoms with Crippen LogP contribution in [0.5, 0.6) is 5.75 Å². The molecule has 4 rings (SSSR count). The van der Waals surface area contributed by atoms with Gasteiger partial charge in [0.05, 0.1) is 33.8 Å². The van der Waals surface area contributed by atoms with Gasteiger partial charge in [0, 0.05) is 34.3 Å². The highest BCUT2D eigenvalue weighted by molar-refractivity contribution is 6.32. The molecule has 0 radical (unpaired) electrons. The zero-order chi connectivity index (χ0) is 26.0. The van der Waals surface area contributed by atoms with Gasteiger partial charge in [0.15, 0.2) is 0 Å². The SMILES string of the molecule is O=C(N/N=C/c1cccc2c1ccn2Cc1cc(C(F)(F)F)ccc1[N+](=O)[O-])c1ccc(O)c(Cl)c1. The fourth-order valence-electron chi connectivity index (χ4n) is 3.62. The molecule has 0 aliphatic rings. The Balaban J connectivity index is 1.59. The molecule has 0 unspecified atom stereocenters. The Labute approximate surface area is 206 Å². The summed E-state index contributed by atoms with van der Waals surface area (Å²) in [5.74, 6) is -0.724. The van der Waals surface area contributed by atoms with E-state index in [0.29, 0.717) is 22.5 Å². The smallest absolute Gasteiger partial charge is 0.416 e. The van der Waals surface area contributed by atoms with Crippen molar-refractivity contribution in [2.75, 3.05) is 0 Å². The van der Waals surface area contributed by atoms with Crippen molar-refractivity contribution in [3.05, 3.63) is 104 Å². The number of carbonyl (C=O) groups excluding carboxylic acids is 1. The van der Waals surface area contributed by atoms with E-state index in [1.807, 2.05) is 0 Å². The van der Waals surface area contributed by atoms with Gasteiger partial charge < -0.3 is 9.67 Å². The van der Waals surface area contributed by atoms with Crippen molar-refractivity contribution in [1.82, 2.24) is 9.99 Å². The summed E-state index contributed by atoms with van der Waals surface area (Å²) in [4.78, 5) is 22.9. The second-order valence-electron chi connectivity index (χ2n) is 7.69. The molecule has 1 amide bonds. The lowest BCUT2D eigenvalue weighted by molar-refractivity contribution is -0.385. The van der Waals surface area contributed by atoms with Gasteiger partial charge in [-0.1, -0.05) is 23.7 Å². The van der Waals surface area contributed by atoms with Crippen LogP contribution >= 0.6 is 11.6 Å². The van der Waals surface area contributed by atoms with Crippen LogP contribution in [-0.2, 0) is 12.7 Å². The Hall–Kier alpha value is -4.38. The molecule has 0 spiro atoms. The summed E-state index contributed by atoms with van der Waals surface area (Å²) in [5.41, 5.74) is 2.24. The number of aromatic hydroxyl groups is 1. The number of halogens is 4. The van der Waals surface area contributed by atoms with Crippen molar-refractivity contribution in [1.29, 1.82) is 0 Å². The van der Waals surface area contributed by atoms with Crippen LogP contribution in [0.3, 0.4) is 0 Å². The van der Waals surface area contributed by atoms with E-state index in [0.717, 1.165) is 12.1 Å². The zero-order valence-electron chi connectivity index (χ0n) is 18.2. The van der Waals surface area contributed by atoms with Gasteiger partial charge in [0.2, 0.25) is 0 Å². The third kappa shape index (κ3) is 5.15. The van der Waals surface area contributed by atoms with Crippen LogP contribution in [0.1, 0.15) is 27.0 Å². The molecule has 1 aromatic heterocycles. The number of nitro groups is 1. The van der Waals surface area contributed by atoms with Crippen molar-refractivity contribution in [2.45, 2.75) is 12.7 Å². The summed E-state index contributed by atoms with van der Waals surface area (Å²) in [5, 5.41) is 25.5. The van der Waals surface area contributed by atoms with Gasteiger partial charge in [0.1, 0.15) is 5.75 Å². The number of hydrogen-bond acceptors (Lipinski definition) is 5. The third-order valence-electron chi connectivity index (χ3n) is 5.37. The van der Waals surface area contributed by atoms with Crippen molar-refractivity contribution in [3.63, 3.8) is 0 Å². The molecule has 0 aliphatic heterocycles. The molecular weight excluding hydrogens is 501 g/mol. The number of nitro benzene ring substituents is 1. The molecule has 0 saturated heterocycles. The summed E-state index contributed by atoms with van der Waals surface area (Å²) in [7, 11) is 0. The summed E-state index contributed by atoms with van der Waals surface area (Å²) < 4.78 is 41.1. The number of nitrogens with zero attached hydrogens (tertiary/aromatic N) is 3. The van der Waals surface area contributed by atoms with Gasteiger partial charge in [0.25, 0.3) is 11.6 Å². The molecular formula is C24H16ClF3N4O4. The van der Waals surface area contributed by atoms with Crippen LogP contribution in [0.25, 0.3) is 10.9 Å². The Morgan fingerprint density at radius 2 is 1.94 bits per heavy atom. The number of alkyl halides is 3. The zero-order valence-corrected chi connectivity index (χ0v) is 18.9. The van der Waals surface area contributed by atoms with Gasteiger partial charge in [-0.2, -0.15) is 18.3 Å². The number of hydrazone groups is 1. The molecule has 3 aromatic carbocycles. The average Bonchev–Trinajstić information content (AvgIpc) is 3.23. The molecule has 8 nitrogen and oxygen atoms in total.